The number of hydrogen-bond acceptors (Lipinski definition) is 6. The second-order valence-electron chi connectivity index (χ2n) is 7.89. The monoisotopic (exact) mass is 431 g/mol. The van der Waals surface area contributed by atoms with Crippen LogP contribution in [0, 0.1) is 5.82 Å². The molecule has 1 aromatic heterocycles. The second kappa shape index (κ2) is 9.04. The van der Waals surface area contributed by atoms with E-state index >= 15 is 0 Å². The molecule has 1 fully saturated rings. The van der Waals surface area contributed by atoms with Crippen LogP contribution in [0.5, 0.6) is 0 Å². The maximum Gasteiger partial charge on any atom is 0.147 e. The smallest absolute Gasteiger partial charge is 0.147 e. The number of para-hydroxylation sites is 1. The predicted octanol–water partition coefficient (Wildman–Crippen LogP) is 0.878. The first-order valence-electron chi connectivity index (χ1n) is 10.2. The Morgan fingerprint density at radius 3 is 2.29 bits per heavy atom. The Bertz CT molecular complexity index is 1030. The quantitative estimate of drug-likeness (QED) is 0.396. The molecule has 0 saturated carbocycles. The van der Waals surface area contributed by atoms with Gasteiger partial charge in [0.2, 0.25) is 0 Å². The van der Waals surface area contributed by atoms with E-state index in [9.17, 15) is 24.8 Å². The summed E-state index contributed by atoms with van der Waals surface area (Å²) in [6.07, 6.45) is -4.29. The highest BCUT2D eigenvalue weighted by Gasteiger charge is 2.44. The zero-order chi connectivity index (χ0) is 22.1. The molecule has 0 radical (unpaired) electrons. The number of ether oxygens (including phenoxy) is 1. The number of hydrogen-bond donors (Lipinski definition) is 5. The molecule has 1 saturated heterocycles. The lowest BCUT2D eigenvalue weighted by atomic mass is 9.91. The van der Waals surface area contributed by atoms with Crippen molar-refractivity contribution in [2.75, 3.05) is 13.2 Å². The Morgan fingerprint density at radius 1 is 0.903 bits per heavy atom. The number of fused-ring (bicyclic) bond motifs is 1. The minimum atomic E-state index is -1.51. The van der Waals surface area contributed by atoms with Crippen LogP contribution >= 0.6 is 0 Å². The van der Waals surface area contributed by atoms with Crippen molar-refractivity contribution in [2.45, 2.75) is 43.5 Å². The van der Waals surface area contributed by atoms with Crippen LogP contribution in [0.3, 0.4) is 0 Å². The van der Waals surface area contributed by atoms with E-state index in [0.717, 1.165) is 11.1 Å². The molecule has 8 heteroatoms. The molecule has 2 aromatic carbocycles. The molecule has 5 atom stereocenters. The van der Waals surface area contributed by atoms with Gasteiger partial charge in [0.15, 0.2) is 0 Å². The first-order valence-corrected chi connectivity index (χ1v) is 10.2. The standard InChI is InChI=1S/C23H26FNO6/c24-17-3-1-2-15-16(23-22(30)21(29)20(28)18(12-27)31-23)11-25(19(15)17)10-14-6-4-13(5-7-14)8-9-26/h1-7,11,18,20-23,26-30H,8-10,12H2/t18-,20-,21+,22-,23+/m1/s1. The van der Waals surface area contributed by atoms with E-state index in [0.29, 0.717) is 29.4 Å². The summed E-state index contributed by atoms with van der Waals surface area (Å²) in [7, 11) is 0. The van der Waals surface area contributed by atoms with E-state index in [1.54, 1.807) is 22.9 Å². The first-order chi connectivity index (χ1) is 14.9. The molecule has 2 heterocycles. The van der Waals surface area contributed by atoms with Crippen LogP contribution in [0.4, 0.5) is 4.39 Å². The molecule has 4 rings (SSSR count). The maximum atomic E-state index is 14.8. The van der Waals surface area contributed by atoms with Crippen molar-refractivity contribution >= 4 is 10.9 Å². The van der Waals surface area contributed by atoms with Gasteiger partial charge in [-0.15, -0.1) is 0 Å². The van der Waals surface area contributed by atoms with E-state index < -0.39 is 42.9 Å². The highest BCUT2D eigenvalue weighted by atomic mass is 19.1. The minimum absolute atomic E-state index is 0.0647. The number of aliphatic hydroxyl groups is 5. The molecule has 166 valence electrons. The van der Waals surface area contributed by atoms with E-state index in [-0.39, 0.29) is 6.61 Å². The van der Waals surface area contributed by atoms with Crippen molar-refractivity contribution in [1.82, 2.24) is 4.57 Å². The SMILES string of the molecule is OCCc1ccc(Cn2cc([C@@H]3O[C@H](CO)[C@@H](O)[C@H](O)[C@H]3O)c3cccc(F)c32)cc1. The third-order valence-corrected chi connectivity index (χ3v) is 5.86. The lowest BCUT2D eigenvalue weighted by Crippen LogP contribution is -2.55. The zero-order valence-corrected chi connectivity index (χ0v) is 16.8. The summed E-state index contributed by atoms with van der Waals surface area (Å²) < 4.78 is 22.2. The largest absolute Gasteiger partial charge is 0.396 e. The molecule has 3 aromatic rings. The molecule has 0 bridgehead atoms. The van der Waals surface area contributed by atoms with Gasteiger partial charge in [0, 0.05) is 30.3 Å². The molecule has 0 aliphatic carbocycles. The van der Waals surface area contributed by atoms with Crippen molar-refractivity contribution in [2.24, 2.45) is 0 Å². The summed E-state index contributed by atoms with van der Waals surface area (Å²) in [5.74, 6) is -0.440. The molecule has 31 heavy (non-hydrogen) atoms. The highest BCUT2D eigenvalue weighted by molar-refractivity contribution is 5.85. The molecule has 1 aliphatic rings. The van der Waals surface area contributed by atoms with Crippen LogP contribution in [-0.4, -0.2) is 67.7 Å². The fourth-order valence-corrected chi connectivity index (χ4v) is 4.19. The number of benzene rings is 2. The molecule has 0 amide bonds. The van der Waals surface area contributed by atoms with E-state index in [1.807, 2.05) is 24.3 Å². The number of halogens is 1. The number of aromatic nitrogens is 1. The van der Waals surface area contributed by atoms with Gasteiger partial charge < -0.3 is 34.8 Å². The normalized spacial score (nSPS) is 26.5. The van der Waals surface area contributed by atoms with Crippen LogP contribution in [0.15, 0.2) is 48.7 Å². The summed E-state index contributed by atoms with van der Waals surface area (Å²) in [6.45, 7) is -0.113. The Labute approximate surface area is 178 Å². The van der Waals surface area contributed by atoms with Crippen LogP contribution in [-0.2, 0) is 17.7 Å². The summed E-state index contributed by atoms with van der Waals surface area (Å²) in [5, 5.41) is 49.9. The molecule has 0 spiro atoms. The molecule has 7 nitrogen and oxygen atoms in total. The average Bonchev–Trinajstić information content (AvgIpc) is 3.13. The highest BCUT2D eigenvalue weighted by Crippen LogP contribution is 2.37. The van der Waals surface area contributed by atoms with Crippen molar-refractivity contribution < 1.29 is 34.7 Å². The summed E-state index contributed by atoms with van der Waals surface area (Å²) in [5.41, 5.74) is 2.70. The van der Waals surface area contributed by atoms with Gasteiger partial charge in [0.1, 0.15) is 36.3 Å². The topological polar surface area (TPSA) is 115 Å². The summed E-state index contributed by atoms with van der Waals surface area (Å²) in [6, 6.07) is 12.2. The van der Waals surface area contributed by atoms with Gasteiger partial charge in [0.05, 0.1) is 12.1 Å². The van der Waals surface area contributed by atoms with Gasteiger partial charge in [0.25, 0.3) is 0 Å². The molecular weight excluding hydrogens is 405 g/mol. The number of rotatable bonds is 6. The average molecular weight is 431 g/mol. The van der Waals surface area contributed by atoms with Crippen LogP contribution in [0.25, 0.3) is 10.9 Å². The number of aliphatic hydroxyl groups excluding tert-OH is 5. The zero-order valence-electron chi connectivity index (χ0n) is 16.8. The van der Waals surface area contributed by atoms with E-state index in [1.165, 1.54) is 6.07 Å². The van der Waals surface area contributed by atoms with Crippen molar-refractivity contribution in [3.8, 4) is 0 Å². The molecule has 1 aliphatic heterocycles. The van der Waals surface area contributed by atoms with E-state index in [2.05, 4.69) is 0 Å². The third-order valence-electron chi connectivity index (χ3n) is 5.86. The lowest BCUT2D eigenvalue weighted by Gasteiger charge is -2.40. The first kappa shape index (κ1) is 21.9. The van der Waals surface area contributed by atoms with Gasteiger partial charge in [-0.2, -0.15) is 0 Å². The minimum Gasteiger partial charge on any atom is -0.396 e. The van der Waals surface area contributed by atoms with E-state index in [4.69, 9.17) is 9.84 Å². The Hall–Kier alpha value is -2.33. The lowest BCUT2D eigenvalue weighted by molar-refractivity contribution is -0.231. The third kappa shape index (κ3) is 4.10. The van der Waals surface area contributed by atoms with Crippen molar-refractivity contribution in [1.29, 1.82) is 0 Å². The van der Waals surface area contributed by atoms with Gasteiger partial charge in [-0.25, -0.2) is 4.39 Å². The molecule has 5 N–H and O–H groups in total. The Kier molecular flexibility index (Phi) is 6.38. The predicted molar refractivity (Wildman–Crippen MR) is 111 cm³/mol. The van der Waals surface area contributed by atoms with Gasteiger partial charge >= 0.3 is 0 Å². The van der Waals surface area contributed by atoms with Gasteiger partial charge in [-0.3, -0.25) is 0 Å². The second-order valence-corrected chi connectivity index (χ2v) is 7.89. The van der Waals surface area contributed by atoms with Gasteiger partial charge in [-0.05, 0) is 23.6 Å². The Balaban J connectivity index is 1.73. The number of nitrogens with zero attached hydrogens (tertiary/aromatic N) is 1. The molecule has 0 unspecified atom stereocenters. The van der Waals surface area contributed by atoms with Crippen LogP contribution in [0.2, 0.25) is 0 Å². The summed E-state index contributed by atoms with van der Waals surface area (Å²) >= 11 is 0. The van der Waals surface area contributed by atoms with Crippen molar-refractivity contribution in [3.63, 3.8) is 0 Å². The fourth-order valence-electron chi connectivity index (χ4n) is 4.19. The van der Waals surface area contributed by atoms with Gasteiger partial charge in [-0.1, -0.05) is 36.4 Å². The van der Waals surface area contributed by atoms with Crippen LogP contribution in [0.1, 0.15) is 22.8 Å². The van der Waals surface area contributed by atoms with Crippen LogP contribution < -0.4 is 0 Å². The molecular formula is C23H26FNO6. The van der Waals surface area contributed by atoms with Crippen molar-refractivity contribution in [3.05, 3.63) is 71.2 Å². The summed E-state index contributed by atoms with van der Waals surface area (Å²) in [4.78, 5) is 0. The Morgan fingerprint density at radius 2 is 1.61 bits per heavy atom. The fraction of sp³-hybridized carbons (Fsp3) is 0.391. The maximum absolute atomic E-state index is 14.8.